The van der Waals surface area contributed by atoms with Crippen molar-refractivity contribution in [2.45, 2.75) is 0 Å². The molecule has 0 bridgehead atoms. The van der Waals surface area contributed by atoms with Crippen LogP contribution in [0.3, 0.4) is 0 Å². The van der Waals surface area contributed by atoms with Crippen LogP contribution in [0, 0.1) is 23.8 Å². The quantitative estimate of drug-likeness (QED) is 0.496. The lowest BCUT2D eigenvalue weighted by molar-refractivity contribution is 0.628. The first kappa shape index (κ1) is 9.28. The van der Waals surface area contributed by atoms with Crippen molar-refractivity contribution in [3.63, 3.8) is 0 Å². The molecule has 0 aliphatic heterocycles. The lowest BCUT2D eigenvalue weighted by atomic mass is 10.0. The fourth-order valence-corrected chi connectivity index (χ4v) is 1.93. The molecule has 0 saturated carbocycles. The minimum atomic E-state index is -0.522. The fourth-order valence-electron chi connectivity index (χ4n) is 1.93. The second-order valence-corrected chi connectivity index (χ2v) is 3.58. The summed E-state index contributed by atoms with van der Waals surface area (Å²) in [6.07, 6.45) is 0. The lowest BCUT2D eigenvalue weighted by Gasteiger charge is -2.05. The van der Waals surface area contributed by atoms with Crippen LogP contribution in [-0.4, -0.2) is 0 Å². The van der Waals surface area contributed by atoms with E-state index >= 15 is 0 Å². The molecule has 0 atom stereocenters. The van der Waals surface area contributed by atoms with E-state index in [1.807, 2.05) is 0 Å². The van der Waals surface area contributed by atoms with Gasteiger partial charge in [0.2, 0.25) is 0 Å². The zero-order valence-electron chi connectivity index (χ0n) is 8.22. The van der Waals surface area contributed by atoms with Crippen molar-refractivity contribution in [2.75, 3.05) is 0 Å². The van der Waals surface area contributed by atoms with Crippen molar-refractivity contribution >= 4 is 21.5 Å². The predicted octanol–water partition coefficient (Wildman–Crippen LogP) is 3.87. The smallest absolute Gasteiger partial charge is 0.139 e. The van der Waals surface area contributed by atoms with Gasteiger partial charge in [0.1, 0.15) is 11.6 Å². The van der Waals surface area contributed by atoms with Crippen LogP contribution in [0.15, 0.2) is 36.4 Å². The Labute approximate surface area is 91.1 Å². The minimum Gasteiger partial charge on any atom is -0.206 e. The molecule has 0 fully saturated rings. The van der Waals surface area contributed by atoms with Crippen molar-refractivity contribution in [3.05, 3.63) is 60.2 Å². The van der Waals surface area contributed by atoms with Gasteiger partial charge in [0.15, 0.2) is 0 Å². The van der Waals surface area contributed by atoms with Gasteiger partial charge in [-0.3, -0.25) is 0 Å². The maximum absolute atomic E-state index is 13.7. The third kappa shape index (κ3) is 1.20. The first-order valence-corrected chi connectivity index (χ1v) is 4.85. The average molecular weight is 212 g/mol. The van der Waals surface area contributed by atoms with E-state index in [1.54, 1.807) is 24.3 Å². The Morgan fingerprint density at radius 1 is 0.875 bits per heavy atom. The largest absolute Gasteiger partial charge is 0.206 e. The number of fused-ring (bicyclic) bond motifs is 3. The summed E-state index contributed by atoms with van der Waals surface area (Å²) in [5.74, 6) is -0.955. The Balaban J connectivity index is 2.64. The normalized spacial score (nSPS) is 11.1. The molecule has 0 aliphatic carbocycles. The summed E-state index contributed by atoms with van der Waals surface area (Å²) < 4.78 is 27.2. The zero-order chi connectivity index (χ0) is 11.1. The lowest BCUT2D eigenvalue weighted by Crippen LogP contribution is -1.86. The molecule has 0 unspecified atom stereocenters. The molecule has 3 aromatic rings. The van der Waals surface area contributed by atoms with Crippen molar-refractivity contribution in [3.8, 4) is 0 Å². The Morgan fingerprint density at radius 3 is 2.50 bits per heavy atom. The molecule has 3 aromatic carbocycles. The van der Waals surface area contributed by atoms with Crippen LogP contribution in [0.1, 0.15) is 0 Å². The molecule has 0 amide bonds. The fraction of sp³-hybridized carbons (Fsp3) is 0. The first-order valence-electron chi connectivity index (χ1n) is 4.85. The Morgan fingerprint density at radius 2 is 1.62 bits per heavy atom. The van der Waals surface area contributed by atoms with E-state index in [9.17, 15) is 8.78 Å². The van der Waals surface area contributed by atoms with Crippen LogP contribution in [0.25, 0.3) is 21.5 Å². The van der Waals surface area contributed by atoms with Gasteiger partial charge in [0.25, 0.3) is 0 Å². The maximum Gasteiger partial charge on any atom is 0.139 e. The molecule has 0 nitrogen and oxygen atoms in total. The molecule has 0 heterocycles. The highest BCUT2D eigenvalue weighted by molar-refractivity contribution is 6.07. The highest BCUT2D eigenvalue weighted by atomic mass is 19.1. The van der Waals surface area contributed by atoms with Gasteiger partial charge in [-0.05, 0) is 29.0 Å². The number of halogens is 2. The van der Waals surface area contributed by atoms with Crippen LogP contribution in [-0.2, 0) is 0 Å². The average Bonchev–Trinajstić information content (AvgIpc) is 2.31. The van der Waals surface area contributed by atoms with E-state index in [1.165, 1.54) is 12.1 Å². The SMILES string of the molecule is Fc1[c]ccc2c1cc(F)c1c[c]ccc12. The van der Waals surface area contributed by atoms with E-state index < -0.39 is 11.6 Å². The van der Waals surface area contributed by atoms with Crippen LogP contribution < -0.4 is 0 Å². The summed E-state index contributed by atoms with van der Waals surface area (Å²) in [4.78, 5) is 0. The summed E-state index contributed by atoms with van der Waals surface area (Å²) in [6, 6.07) is 14.7. The molecular weight excluding hydrogens is 206 g/mol. The van der Waals surface area contributed by atoms with Gasteiger partial charge in [-0.2, -0.15) is 0 Å². The van der Waals surface area contributed by atoms with Crippen LogP contribution in [0.4, 0.5) is 8.78 Å². The van der Waals surface area contributed by atoms with Gasteiger partial charge < -0.3 is 0 Å². The maximum atomic E-state index is 13.7. The van der Waals surface area contributed by atoms with Crippen LogP contribution in [0.5, 0.6) is 0 Å². The van der Waals surface area contributed by atoms with Crippen molar-refractivity contribution < 1.29 is 8.78 Å². The molecule has 76 valence electrons. The Hall–Kier alpha value is -1.96. The summed E-state index contributed by atoms with van der Waals surface area (Å²) in [5.41, 5.74) is 0. The summed E-state index contributed by atoms with van der Waals surface area (Å²) >= 11 is 0. The molecule has 2 radical (unpaired) electrons. The van der Waals surface area contributed by atoms with Gasteiger partial charge in [0.05, 0.1) is 0 Å². The molecular formula is C14H6F2. The summed E-state index contributed by atoms with van der Waals surface area (Å²) in [7, 11) is 0. The Kier molecular flexibility index (Phi) is 1.90. The topological polar surface area (TPSA) is 0 Å². The van der Waals surface area contributed by atoms with Gasteiger partial charge in [-0.15, -0.1) is 0 Å². The molecule has 0 saturated heterocycles. The van der Waals surface area contributed by atoms with Crippen LogP contribution in [0.2, 0.25) is 0 Å². The Bertz CT molecular complexity index is 681. The number of hydrogen-bond acceptors (Lipinski definition) is 0. The summed E-state index contributed by atoms with van der Waals surface area (Å²) in [6.45, 7) is 0. The summed E-state index contributed by atoms with van der Waals surface area (Å²) in [5, 5.41) is 2.11. The highest BCUT2D eigenvalue weighted by Gasteiger charge is 2.08. The molecule has 0 spiro atoms. The van der Waals surface area contributed by atoms with E-state index in [2.05, 4.69) is 12.1 Å². The van der Waals surface area contributed by atoms with Crippen molar-refractivity contribution in [2.24, 2.45) is 0 Å². The molecule has 0 N–H and O–H groups in total. The predicted molar refractivity (Wildman–Crippen MR) is 59.0 cm³/mol. The molecule has 0 aromatic heterocycles. The van der Waals surface area contributed by atoms with E-state index in [0.29, 0.717) is 16.2 Å². The zero-order valence-corrected chi connectivity index (χ0v) is 8.22. The van der Waals surface area contributed by atoms with E-state index in [4.69, 9.17) is 0 Å². The highest BCUT2D eigenvalue weighted by Crippen LogP contribution is 2.28. The molecule has 3 rings (SSSR count). The van der Waals surface area contributed by atoms with E-state index in [-0.39, 0.29) is 5.39 Å². The second-order valence-electron chi connectivity index (χ2n) is 3.58. The monoisotopic (exact) mass is 212 g/mol. The second kappa shape index (κ2) is 3.27. The third-order valence-corrected chi connectivity index (χ3v) is 2.67. The number of rotatable bonds is 0. The van der Waals surface area contributed by atoms with Gasteiger partial charge in [-0.25, -0.2) is 8.78 Å². The van der Waals surface area contributed by atoms with Crippen LogP contribution >= 0.6 is 0 Å². The molecule has 0 aliphatic rings. The first-order chi connectivity index (χ1) is 7.77. The van der Waals surface area contributed by atoms with E-state index in [0.717, 1.165) is 0 Å². The standard InChI is InChI=1S/C14H6F2/c15-13-7-3-6-10-9-4-1-2-5-11(9)14(16)8-12(10)13/h1,3-6,8H. The van der Waals surface area contributed by atoms with Gasteiger partial charge >= 0.3 is 0 Å². The van der Waals surface area contributed by atoms with Crippen molar-refractivity contribution in [1.29, 1.82) is 0 Å². The third-order valence-electron chi connectivity index (χ3n) is 2.67. The minimum absolute atomic E-state index is 0.263. The molecule has 16 heavy (non-hydrogen) atoms. The van der Waals surface area contributed by atoms with Crippen molar-refractivity contribution in [1.82, 2.24) is 0 Å². The number of benzene rings is 3. The van der Waals surface area contributed by atoms with Gasteiger partial charge in [0, 0.05) is 16.8 Å². The molecule has 2 heteroatoms. The van der Waals surface area contributed by atoms with Gasteiger partial charge in [-0.1, -0.05) is 24.3 Å². The number of hydrogen-bond donors (Lipinski definition) is 0.